The van der Waals surface area contributed by atoms with Crippen LogP contribution in [0, 0.1) is 5.92 Å². The van der Waals surface area contributed by atoms with Crippen LogP contribution in [0.3, 0.4) is 0 Å². The number of methoxy groups -OCH3 is 1. The fraction of sp³-hybridized carbons (Fsp3) is 0.429. The van der Waals surface area contributed by atoms with Gasteiger partial charge >= 0.3 is 0 Å². The number of nitrogens with two attached hydrogens (primary N) is 1. The molecule has 4 N–H and O–H groups in total. The molecule has 7 heteroatoms. The average molecular weight is 316 g/mol. The maximum Gasteiger partial charge on any atom is 0.254 e. The van der Waals surface area contributed by atoms with E-state index in [1.807, 2.05) is 13.8 Å². The molecular weight excluding hydrogens is 294 g/mol. The van der Waals surface area contributed by atoms with Crippen LogP contribution >= 0.6 is 12.4 Å². The quantitative estimate of drug-likeness (QED) is 0.743. The molecular formula is C14H22ClN3O3. The molecule has 0 heterocycles. The van der Waals surface area contributed by atoms with Crippen LogP contribution in [0.1, 0.15) is 13.8 Å². The number of halogens is 1. The SMILES string of the molecule is COC(CN)C(=O)Nc1ccc(NC(=O)C(C)C)cc1.Cl. The first-order valence-corrected chi connectivity index (χ1v) is 6.42. The summed E-state index contributed by atoms with van der Waals surface area (Å²) in [6, 6.07) is 6.86. The van der Waals surface area contributed by atoms with Crippen LogP contribution in [0.5, 0.6) is 0 Å². The van der Waals surface area contributed by atoms with E-state index >= 15 is 0 Å². The molecule has 0 bridgehead atoms. The minimum atomic E-state index is -0.671. The van der Waals surface area contributed by atoms with E-state index in [4.69, 9.17) is 10.5 Å². The van der Waals surface area contributed by atoms with Crippen molar-refractivity contribution in [3.8, 4) is 0 Å². The van der Waals surface area contributed by atoms with Crippen LogP contribution in [-0.4, -0.2) is 31.6 Å². The van der Waals surface area contributed by atoms with Gasteiger partial charge in [0, 0.05) is 30.9 Å². The molecule has 1 unspecified atom stereocenters. The zero-order valence-electron chi connectivity index (χ0n) is 12.4. The van der Waals surface area contributed by atoms with Gasteiger partial charge in [-0.1, -0.05) is 13.8 Å². The Labute approximate surface area is 130 Å². The Bertz CT molecular complexity index is 459. The number of rotatable bonds is 6. The summed E-state index contributed by atoms with van der Waals surface area (Å²) in [6.45, 7) is 3.76. The number of hydrogen-bond acceptors (Lipinski definition) is 4. The van der Waals surface area contributed by atoms with Crippen molar-refractivity contribution in [2.75, 3.05) is 24.3 Å². The van der Waals surface area contributed by atoms with Crippen molar-refractivity contribution in [2.24, 2.45) is 11.7 Å². The lowest BCUT2D eigenvalue weighted by Gasteiger charge is -2.13. The van der Waals surface area contributed by atoms with Crippen molar-refractivity contribution >= 4 is 35.6 Å². The second-order valence-corrected chi connectivity index (χ2v) is 4.67. The first-order chi connectivity index (χ1) is 9.47. The van der Waals surface area contributed by atoms with Crippen LogP contribution < -0.4 is 16.4 Å². The highest BCUT2D eigenvalue weighted by molar-refractivity contribution is 5.95. The molecule has 2 amide bonds. The molecule has 1 rings (SSSR count). The summed E-state index contributed by atoms with van der Waals surface area (Å²) in [4.78, 5) is 23.3. The number of benzene rings is 1. The molecule has 1 aromatic rings. The minimum Gasteiger partial charge on any atom is -0.370 e. The van der Waals surface area contributed by atoms with Gasteiger partial charge in [0.1, 0.15) is 6.10 Å². The van der Waals surface area contributed by atoms with E-state index in [0.717, 1.165) is 0 Å². The van der Waals surface area contributed by atoms with Gasteiger partial charge in [0.25, 0.3) is 5.91 Å². The van der Waals surface area contributed by atoms with Crippen molar-refractivity contribution in [2.45, 2.75) is 20.0 Å². The molecule has 0 fully saturated rings. The molecule has 0 aromatic heterocycles. The normalized spacial score (nSPS) is 11.5. The number of nitrogens with one attached hydrogen (secondary N) is 2. The second-order valence-electron chi connectivity index (χ2n) is 4.67. The largest absolute Gasteiger partial charge is 0.370 e. The number of anilines is 2. The average Bonchev–Trinajstić information content (AvgIpc) is 2.42. The highest BCUT2D eigenvalue weighted by atomic mass is 35.5. The molecule has 0 aliphatic carbocycles. The van der Waals surface area contributed by atoms with Gasteiger partial charge in [0.05, 0.1) is 0 Å². The predicted molar refractivity (Wildman–Crippen MR) is 85.6 cm³/mol. The molecule has 0 aliphatic heterocycles. The molecule has 0 radical (unpaired) electrons. The van der Waals surface area contributed by atoms with Crippen LogP contribution in [0.4, 0.5) is 11.4 Å². The highest BCUT2D eigenvalue weighted by Gasteiger charge is 2.15. The molecule has 21 heavy (non-hydrogen) atoms. The maximum absolute atomic E-state index is 11.7. The molecule has 1 aromatic carbocycles. The Hall–Kier alpha value is -1.63. The summed E-state index contributed by atoms with van der Waals surface area (Å²) < 4.78 is 4.94. The third-order valence-electron chi connectivity index (χ3n) is 2.74. The van der Waals surface area contributed by atoms with E-state index < -0.39 is 6.10 Å². The van der Waals surface area contributed by atoms with E-state index in [0.29, 0.717) is 11.4 Å². The van der Waals surface area contributed by atoms with Gasteiger partial charge in [0.15, 0.2) is 0 Å². The van der Waals surface area contributed by atoms with Crippen molar-refractivity contribution in [1.29, 1.82) is 0 Å². The fourth-order valence-corrected chi connectivity index (χ4v) is 1.46. The Morgan fingerprint density at radius 2 is 1.52 bits per heavy atom. The molecule has 0 aliphatic rings. The number of carbonyl (C=O) groups is 2. The Kier molecular flexibility index (Phi) is 8.61. The van der Waals surface area contributed by atoms with Gasteiger partial charge in [-0.3, -0.25) is 9.59 Å². The lowest BCUT2D eigenvalue weighted by atomic mass is 10.2. The third kappa shape index (κ3) is 6.12. The molecule has 118 valence electrons. The van der Waals surface area contributed by atoms with Crippen molar-refractivity contribution in [3.63, 3.8) is 0 Å². The monoisotopic (exact) mass is 315 g/mol. The predicted octanol–water partition coefficient (Wildman–Crippen LogP) is 1.62. The minimum absolute atomic E-state index is 0. The number of amides is 2. The van der Waals surface area contributed by atoms with E-state index in [9.17, 15) is 9.59 Å². The first-order valence-electron chi connectivity index (χ1n) is 6.42. The molecule has 6 nitrogen and oxygen atoms in total. The zero-order chi connectivity index (χ0) is 15.1. The van der Waals surface area contributed by atoms with Gasteiger partial charge in [-0.25, -0.2) is 0 Å². The van der Waals surface area contributed by atoms with Gasteiger partial charge in [0.2, 0.25) is 5.91 Å². The van der Waals surface area contributed by atoms with Crippen LogP contribution in [-0.2, 0) is 14.3 Å². The van der Waals surface area contributed by atoms with E-state index in [1.54, 1.807) is 24.3 Å². The number of hydrogen-bond donors (Lipinski definition) is 3. The van der Waals surface area contributed by atoms with Gasteiger partial charge in [-0.2, -0.15) is 0 Å². The van der Waals surface area contributed by atoms with Gasteiger partial charge < -0.3 is 21.1 Å². The molecule has 0 saturated heterocycles. The molecule has 1 atom stereocenters. The Balaban J connectivity index is 0.00000400. The number of ether oxygens (including phenoxy) is 1. The van der Waals surface area contributed by atoms with Crippen LogP contribution in [0.2, 0.25) is 0 Å². The summed E-state index contributed by atoms with van der Waals surface area (Å²) in [5.74, 6) is -0.431. The number of carbonyl (C=O) groups excluding carboxylic acids is 2. The topological polar surface area (TPSA) is 93.4 Å². The van der Waals surface area contributed by atoms with Crippen LogP contribution in [0.15, 0.2) is 24.3 Å². The van der Waals surface area contributed by atoms with Crippen molar-refractivity contribution < 1.29 is 14.3 Å². The first kappa shape index (κ1) is 19.4. The lowest BCUT2D eigenvalue weighted by molar-refractivity contribution is -0.125. The lowest BCUT2D eigenvalue weighted by Crippen LogP contribution is -2.35. The Morgan fingerprint density at radius 1 is 1.10 bits per heavy atom. The maximum atomic E-state index is 11.7. The Morgan fingerprint density at radius 3 is 1.86 bits per heavy atom. The summed E-state index contributed by atoms with van der Waals surface area (Å²) in [6.07, 6.45) is -0.671. The van der Waals surface area contributed by atoms with E-state index in [-0.39, 0.29) is 36.7 Å². The van der Waals surface area contributed by atoms with E-state index in [2.05, 4.69) is 10.6 Å². The van der Waals surface area contributed by atoms with Crippen LogP contribution in [0.25, 0.3) is 0 Å². The molecule has 0 saturated carbocycles. The van der Waals surface area contributed by atoms with E-state index in [1.165, 1.54) is 7.11 Å². The highest BCUT2D eigenvalue weighted by Crippen LogP contribution is 2.14. The standard InChI is InChI=1S/C14H21N3O3.ClH/c1-9(2)13(18)16-10-4-6-11(7-5-10)17-14(19)12(8-15)20-3;/h4-7,9,12H,8,15H2,1-3H3,(H,16,18)(H,17,19);1H. The summed E-state index contributed by atoms with van der Waals surface area (Å²) >= 11 is 0. The van der Waals surface area contributed by atoms with Crippen molar-refractivity contribution in [1.82, 2.24) is 0 Å². The summed E-state index contributed by atoms with van der Waals surface area (Å²) in [7, 11) is 1.43. The second kappa shape index (κ2) is 9.33. The summed E-state index contributed by atoms with van der Waals surface area (Å²) in [5, 5.41) is 5.46. The smallest absolute Gasteiger partial charge is 0.254 e. The van der Waals surface area contributed by atoms with Gasteiger partial charge in [-0.05, 0) is 24.3 Å². The summed E-state index contributed by atoms with van der Waals surface area (Å²) in [5.41, 5.74) is 6.71. The van der Waals surface area contributed by atoms with Gasteiger partial charge in [-0.15, -0.1) is 12.4 Å². The zero-order valence-corrected chi connectivity index (χ0v) is 13.2. The van der Waals surface area contributed by atoms with Crippen molar-refractivity contribution in [3.05, 3.63) is 24.3 Å². The third-order valence-corrected chi connectivity index (χ3v) is 2.74. The fourth-order valence-electron chi connectivity index (χ4n) is 1.46. The molecule has 0 spiro atoms.